The maximum atomic E-state index is 14.6. The van der Waals surface area contributed by atoms with Crippen molar-refractivity contribution in [3.63, 3.8) is 0 Å². The van der Waals surface area contributed by atoms with Crippen LogP contribution in [0.15, 0.2) is 24.3 Å². The molecule has 0 aliphatic heterocycles. The second-order valence-electron chi connectivity index (χ2n) is 7.36. The van der Waals surface area contributed by atoms with Crippen molar-refractivity contribution in [3.8, 4) is 5.75 Å². The molecule has 2 aromatic rings. The quantitative estimate of drug-likeness (QED) is 0.536. The Morgan fingerprint density at radius 2 is 1.41 bits per heavy atom. The topological polar surface area (TPSA) is 9.23 Å². The first kappa shape index (κ1) is 19.7. The first-order valence-electron chi connectivity index (χ1n) is 9.48. The molecule has 1 aliphatic rings. The zero-order valence-electron chi connectivity index (χ0n) is 15.6. The molecule has 0 spiro atoms. The highest BCUT2D eigenvalue weighted by atomic mass is 19.2. The van der Waals surface area contributed by atoms with Crippen molar-refractivity contribution in [2.75, 3.05) is 6.61 Å². The summed E-state index contributed by atoms with van der Waals surface area (Å²) in [5.74, 6) is -3.59. The molecule has 0 heterocycles. The van der Waals surface area contributed by atoms with Gasteiger partial charge in [-0.25, -0.2) is 13.2 Å². The SMILES string of the molecule is CCOc1ccc(Cc2ccc(C3CCC(C)CC3)c(F)c2F)c(F)c1F. The Kier molecular flexibility index (Phi) is 6.08. The molecule has 1 nitrogen and oxygen atoms in total. The van der Waals surface area contributed by atoms with Gasteiger partial charge in [0.15, 0.2) is 23.2 Å². The lowest BCUT2D eigenvalue weighted by Gasteiger charge is -2.27. The summed E-state index contributed by atoms with van der Waals surface area (Å²) in [7, 11) is 0. The molecule has 0 amide bonds. The summed E-state index contributed by atoms with van der Waals surface area (Å²) in [5.41, 5.74) is 0.373. The molecule has 0 atom stereocenters. The van der Waals surface area contributed by atoms with E-state index in [1.54, 1.807) is 13.0 Å². The largest absolute Gasteiger partial charge is 0.491 e. The molecule has 1 fully saturated rings. The van der Waals surface area contributed by atoms with Crippen molar-refractivity contribution >= 4 is 0 Å². The molecule has 0 unspecified atom stereocenters. The monoisotopic (exact) mass is 380 g/mol. The predicted octanol–water partition coefficient (Wildman–Crippen LogP) is 6.53. The van der Waals surface area contributed by atoms with E-state index >= 15 is 0 Å². The summed E-state index contributed by atoms with van der Waals surface area (Å²) < 4.78 is 62.5. The summed E-state index contributed by atoms with van der Waals surface area (Å²) in [6.07, 6.45) is 3.47. The minimum atomic E-state index is -1.11. The van der Waals surface area contributed by atoms with Crippen LogP contribution in [0.3, 0.4) is 0 Å². The van der Waals surface area contributed by atoms with Crippen LogP contribution in [0.4, 0.5) is 17.6 Å². The second-order valence-corrected chi connectivity index (χ2v) is 7.36. The molecular weight excluding hydrogens is 356 g/mol. The van der Waals surface area contributed by atoms with Crippen LogP contribution in [0.5, 0.6) is 5.75 Å². The molecule has 146 valence electrons. The third kappa shape index (κ3) is 4.12. The number of halogens is 4. The van der Waals surface area contributed by atoms with Gasteiger partial charge in [-0.3, -0.25) is 0 Å². The van der Waals surface area contributed by atoms with Crippen LogP contribution < -0.4 is 4.74 Å². The molecule has 3 rings (SSSR count). The van der Waals surface area contributed by atoms with Gasteiger partial charge in [0.2, 0.25) is 5.82 Å². The maximum Gasteiger partial charge on any atom is 0.200 e. The van der Waals surface area contributed by atoms with Crippen molar-refractivity contribution in [2.24, 2.45) is 5.92 Å². The highest BCUT2D eigenvalue weighted by Gasteiger charge is 2.25. The molecule has 0 N–H and O–H groups in total. The van der Waals surface area contributed by atoms with E-state index in [0.29, 0.717) is 11.5 Å². The Morgan fingerprint density at radius 3 is 2.04 bits per heavy atom. The lowest BCUT2D eigenvalue weighted by molar-refractivity contribution is 0.313. The Bertz CT molecular complexity index is 810. The van der Waals surface area contributed by atoms with Gasteiger partial charge in [-0.2, -0.15) is 4.39 Å². The molecule has 0 bridgehead atoms. The van der Waals surface area contributed by atoms with E-state index in [9.17, 15) is 17.6 Å². The number of hydrogen-bond acceptors (Lipinski definition) is 1. The van der Waals surface area contributed by atoms with Crippen LogP contribution in [0.2, 0.25) is 0 Å². The summed E-state index contributed by atoms with van der Waals surface area (Å²) in [5, 5.41) is 0. The van der Waals surface area contributed by atoms with Crippen molar-refractivity contribution in [3.05, 3.63) is 64.2 Å². The smallest absolute Gasteiger partial charge is 0.200 e. The zero-order chi connectivity index (χ0) is 19.6. The lowest BCUT2D eigenvalue weighted by atomic mass is 9.79. The van der Waals surface area contributed by atoms with Crippen molar-refractivity contribution in [1.82, 2.24) is 0 Å². The van der Waals surface area contributed by atoms with E-state index in [1.165, 1.54) is 18.2 Å². The minimum absolute atomic E-state index is 0.0166. The Morgan fingerprint density at radius 1 is 0.815 bits per heavy atom. The first-order valence-corrected chi connectivity index (χ1v) is 9.48. The third-order valence-corrected chi connectivity index (χ3v) is 5.46. The molecule has 0 aromatic heterocycles. The van der Waals surface area contributed by atoms with Gasteiger partial charge in [-0.15, -0.1) is 0 Å². The van der Waals surface area contributed by atoms with E-state index in [1.807, 2.05) is 0 Å². The highest BCUT2D eigenvalue weighted by molar-refractivity contribution is 5.37. The number of rotatable bonds is 5. The molecule has 1 saturated carbocycles. The second kappa shape index (κ2) is 8.32. The molecule has 0 radical (unpaired) electrons. The molecular formula is C22H24F4O. The number of ether oxygens (including phenoxy) is 1. The van der Waals surface area contributed by atoms with Crippen molar-refractivity contribution in [2.45, 2.75) is 51.9 Å². The highest BCUT2D eigenvalue weighted by Crippen LogP contribution is 2.37. The van der Waals surface area contributed by atoms with Gasteiger partial charge in [-0.1, -0.05) is 38.0 Å². The average Bonchev–Trinajstić information content (AvgIpc) is 2.66. The zero-order valence-corrected chi connectivity index (χ0v) is 15.6. The standard InChI is InChI=1S/C22H24F4O/c1-3-27-18-11-9-16(20(24)22(18)26)12-15-8-10-17(21(25)19(15)23)14-6-4-13(2)5-7-14/h8-11,13-14H,3-7,12H2,1-2H3. The Labute approximate surface area is 157 Å². The van der Waals surface area contributed by atoms with Crippen molar-refractivity contribution in [1.29, 1.82) is 0 Å². The minimum Gasteiger partial charge on any atom is -0.491 e. The summed E-state index contributed by atoms with van der Waals surface area (Å²) >= 11 is 0. The maximum absolute atomic E-state index is 14.6. The molecule has 0 saturated heterocycles. The van der Waals surface area contributed by atoms with Crippen LogP contribution in [-0.2, 0) is 6.42 Å². The third-order valence-electron chi connectivity index (χ3n) is 5.46. The van der Waals surface area contributed by atoms with Crippen LogP contribution in [0.25, 0.3) is 0 Å². The van der Waals surface area contributed by atoms with Gasteiger partial charge in [0.25, 0.3) is 0 Å². The van der Waals surface area contributed by atoms with Crippen LogP contribution in [0.1, 0.15) is 62.1 Å². The normalized spacial score (nSPS) is 19.9. The summed E-state index contributed by atoms with van der Waals surface area (Å²) in [4.78, 5) is 0. The fraction of sp³-hybridized carbons (Fsp3) is 0.455. The van der Waals surface area contributed by atoms with Gasteiger partial charge < -0.3 is 4.74 Å². The number of hydrogen-bond donors (Lipinski definition) is 0. The molecule has 1 aliphatic carbocycles. The Balaban J connectivity index is 1.84. The van der Waals surface area contributed by atoms with E-state index in [4.69, 9.17) is 4.74 Å². The predicted molar refractivity (Wildman–Crippen MR) is 97.1 cm³/mol. The van der Waals surface area contributed by atoms with E-state index in [2.05, 4.69) is 6.92 Å². The van der Waals surface area contributed by atoms with Crippen LogP contribution in [-0.4, -0.2) is 6.61 Å². The van der Waals surface area contributed by atoms with Gasteiger partial charge in [0, 0.05) is 6.42 Å². The van der Waals surface area contributed by atoms with Gasteiger partial charge in [0.05, 0.1) is 6.61 Å². The van der Waals surface area contributed by atoms with Gasteiger partial charge in [0.1, 0.15) is 0 Å². The van der Waals surface area contributed by atoms with Crippen LogP contribution in [0, 0.1) is 29.2 Å². The van der Waals surface area contributed by atoms with E-state index in [0.717, 1.165) is 25.7 Å². The van der Waals surface area contributed by atoms with Gasteiger partial charge in [-0.05, 0) is 54.4 Å². The molecule has 27 heavy (non-hydrogen) atoms. The fourth-order valence-corrected chi connectivity index (χ4v) is 3.81. The average molecular weight is 380 g/mol. The summed E-state index contributed by atoms with van der Waals surface area (Å²) in [6, 6.07) is 5.73. The first-order chi connectivity index (χ1) is 12.9. The molecule has 2 aromatic carbocycles. The van der Waals surface area contributed by atoms with E-state index in [-0.39, 0.29) is 35.8 Å². The van der Waals surface area contributed by atoms with E-state index < -0.39 is 23.3 Å². The molecule has 5 heteroatoms. The number of benzene rings is 2. The Hall–Kier alpha value is -2.04. The van der Waals surface area contributed by atoms with Crippen molar-refractivity contribution < 1.29 is 22.3 Å². The lowest BCUT2D eigenvalue weighted by Crippen LogP contribution is -2.13. The fourth-order valence-electron chi connectivity index (χ4n) is 3.81. The van der Waals surface area contributed by atoms with Crippen LogP contribution >= 0.6 is 0 Å². The summed E-state index contributed by atoms with van der Waals surface area (Å²) in [6.45, 7) is 4.04. The van der Waals surface area contributed by atoms with Gasteiger partial charge >= 0.3 is 0 Å².